The number of benzene rings is 1. The van der Waals surface area contributed by atoms with Crippen molar-refractivity contribution >= 4 is 17.3 Å². The first-order valence-electron chi connectivity index (χ1n) is 6.82. The largest absolute Gasteiger partial charge is 0.393 e. The fourth-order valence-corrected chi connectivity index (χ4v) is 2.99. The molecule has 0 aromatic heterocycles. The van der Waals surface area contributed by atoms with E-state index < -0.39 is 0 Å². The molecule has 6 heteroatoms. The Morgan fingerprint density at radius 2 is 2.35 bits per heavy atom. The molecule has 0 amide bonds. The summed E-state index contributed by atoms with van der Waals surface area (Å²) in [6.45, 7) is 3.23. The van der Waals surface area contributed by atoms with Gasteiger partial charge in [0.05, 0.1) is 11.0 Å². The molecule has 5 nitrogen and oxygen atoms in total. The van der Waals surface area contributed by atoms with Crippen LogP contribution in [0.4, 0.5) is 5.69 Å². The summed E-state index contributed by atoms with van der Waals surface area (Å²) in [5.41, 5.74) is 0.747. The molecule has 0 saturated carbocycles. The quantitative estimate of drug-likeness (QED) is 0.670. The Balaban J connectivity index is 2.15. The maximum absolute atomic E-state index is 11.1. The summed E-state index contributed by atoms with van der Waals surface area (Å²) >= 11 is 5.82. The number of rotatable bonds is 5. The Kier molecular flexibility index (Phi) is 4.96. The highest BCUT2D eigenvalue weighted by atomic mass is 35.5. The molecule has 1 fully saturated rings. The number of nitro groups is 1. The molecular formula is C14H19ClN2O3. The number of aliphatic hydroxyl groups excluding tert-OH is 1. The molecule has 1 aliphatic rings. The van der Waals surface area contributed by atoms with E-state index in [9.17, 15) is 15.2 Å². The Hall–Kier alpha value is -1.17. The molecule has 0 radical (unpaired) electrons. The van der Waals surface area contributed by atoms with Gasteiger partial charge in [-0.2, -0.15) is 0 Å². The lowest BCUT2D eigenvalue weighted by Crippen LogP contribution is -2.31. The predicted molar refractivity (Wildman–Crippen MR) is 77.8 cm³/mol. The average Bonchev–Trinajstić information content (AvgIpc) is 2.78. The average molecular weight is 299 g/mol. The summed E-state index contributed by atoms with van der Waals surface area (Å²) in [5, 5.41) is 21.0. The van der Waals surface area contributed by atoms with Crippen LogP contribution in [0.15, 0.2) is 18.2 Å². The second-order valence-electron chi connectivity index (χ2n) is 5.38. The summed E-state index contributed by atoms with van der Waals surface area (Å²) in [5.74, 6) is 0. The van der Waals surface area contributed by atoms with E-state index in [1.54, 1.807) is 19.1 Å². The van der Waals surface area contributed by atoms with Crippen molar-refractivity contribution in [3.63, 3.8) is 0 Å². The Labute approximate surface area is 123 Å². The normalized spacial score (nSPS) is 21.1. The molecule has 1 saturated heterocycles. The lowest BCUT2D eigenvalue weighted by atomic mass is 10.1. The van der Waals surface area contributed by atoms with E-state index in [1.165, 1.54) is 6.07 Å². The van der Waals surface area contributed by atoms with Crippen LogP contribution in [0.3, 0.4) is 0 Å². The number of halogens is 1. The summed E-state index contributed by atoms with van der Waals surface area (Å²) in [7, 11) is 0. The number of hydrogen-bond acceptors (Lipinski definition) is 4. The second kappa shape index (κ2) is 6.52. The highest BCUT2D eigenvalue weighted by Crippen LogP contribution is 2.28. The van der Waals surface area contributed by atoms with Crippen LogP contribution in [0.2, 0.25) is 5.02 Å². The van der Waals surface area contributed by atoms with Gasteiger partial charge in [-0.1, -0.05) is 11.6 Å². The van der Waals surface area contributed by atoms with Gasteiger partial charge in [0.25, 0.3) is 5.69 Å². The number of nitrogens with zero attached hydrogens (tertiary/aromatic N) is 2. The third-order valence-corrected chi connectivity index (χ3v) is 3.96. The van der Waals surface area contributed by atoms with Crippen molar-refractivity contribution in [3.8, 4) is 0 Å². The van der Waals surface area contributed by atoms with Crippen molar-refractivity contribution in [1.29, 1.82) is 0 Å². The van der Waals surface area contributed by atoms with Crippen molar-refractivity contribution in [2.24, 2.45) is 0 Å². The molecule has 0 bridgehead atoms. The van der Waals surface area contributed by atoms with Gasteiger partial charge in [0.15, 0.2) is 0 Å². The standard InChI is InChI=1S/C14H19ClN2O3/c1-10(18)7-13-3-2-6-16(13)9-11-4-5-12(15)8-14(11)17(19)20/h4-5,8,10,13,18H,2-3,6-7,9H2,1H3. The van der Waals surface area contributed by atoms with Crippen molar-refractivity contribution in [1.82, 2.24) is 4.90 Å². The van der Waals surface area contributed by atoms with Crippen LogP contribution in [-0.2, 0) is 6.54 Å². The first-order chi connectivity index (χ1) is 9.47. The molecule has 20 heavy (non-hydrogen) atoms. The number of nitro benzene ring substituents is 1. The minimum atomic E-state index is -0.388. The van der Waals surface area contributed by atoms with Gasteiger partial charge in [-0.25, -0.2) is 0 Å². The predicted octanol–water partition coefficient (Wildman–Crippen LogP) is 2.98. The van der Waals surface area contributed by atoms with E-state index in [2.05, 4.69) is 4.90 Å². The molecule has 1 aromatic rings. The number of aliphatic hydroxyl groups is 1. The lowest BCUT2D eigenvalue weighted by Gasteiger charge is -2.25. The Morgan fingerprint density at radius 1 is 1.60 bits per heavy atom. The zero-order valence-electron chi connectivity index (χ0n) is 11.5. The van der Waals surface area contributed by atoms with Crippen LogP contribution < -0.4 is 0 Å². The van der Waals surface area contributed by atoms with Crippen molar-refractivity contribution < 1.29 is 10.0 Å². The van der Waals surface area contributed by atoms with Crippen LogP contribution >= 0.6 is 11.6 Å². The third kappa shape index (κ3) is 3.69. The summed E-state index contributed by atoms with van der Waals surface area (Å²) in [6.07, 6.45) is 2.47. The minimum Gasteiger partial charge on any atom is -0.393 e. The zero-order valence-corrected chi connectivity index (χ0v) is 12.2. The van der Waals surface area contributed by atoms with Gasteiger partial charge in [0.1, 0.15) is 0 Å². The molecule has 1 N–H and O–H groups in total. The van der Waals surface area contributed by atoms with Crippen LogP contribution in [-0.4, -0.2) is 33.6 Å². The van der Waals surface area contributed by atoms with Crippen LogP contribution in [0.5, 0.6) is 0 Å². The SMILES string of the molecule is CC(O)CC1CCCN1Cc1ccc(Cl)cc1[N+](=O)[O-]. The van der Waals surface area contributed by atoms with E-state index in [-0.39, 0.29) is 16.7 Å². The van der Waals surface area contributed by atoms with Crippen LogP contribution in [0, 0.1) is 10.1 Å². The fourth-order valence-electron chi connectivity index (χ4n) is 2.82. The maximum Gasteiger partial charge on any atom is 0.275 e. The molecule has 110 valence electrons. The first-order valence-corrected chi connectivity index (χ1v) is 7.20. The monoisotopic (exact) mass is 298 g/mol. The molecule has 2 unspecified atom stereocenters. The highest BCUT2D eigenvalue weighted by Gasteiger charge is 2.27. The molecule has 0 spiro atoms. The molecule has 0 aliphatic carbocycles. The first kappa shape index (κ1) is 15.2. The third-order valence-electron chi connectivity index (χ3n) is 3.73. The van der Waals surface area contributed by atoms with Gasteiger partial charge < -0.3 is 5.11 Å². The van der Waals surface area contributed by atoms with Gasteiger partial charge in [0, 0.05) is 29.2 Å². The Morgan fingerprint density at radius 3 is 3.00 bits per heavy atom. The summed E-state index contributed by atoms with van der Waals surface area (Å²) < 4.78 is 0. The molecule has 2 atom stereocenters. The van der Waals surface area contributed by atoms with Crippen molar-refractivity contribution in [2.75, 3.05) is 6.54 Å². The van der Waals surface area contributed by atoms with Gasteiger partial charge in [-0.15, -0.1) is 0 Å². The summed E-state index contributed by atoms with van der Waals surface area (Å²) in [6, 6.07) is 5.10. The van der Waals surface area contributed by atoms with Crippen molar-refractivity contribution in [2.45, 2.75) is 44.9 Å². The lowest BCUT2D eigenvalue weighted by molar-refractivity contribution is -0.385. The zero-order chi connectivity index (χ0) is 14.7. The highest BCUT2D eigenvalue weighted by molar-refractivity contribution is 6.30. The van der Waals surface area contributed by atoms with E-state index >= 15 is 0 Å². The molecular weight excluding hydrogens is 280 g/mol. The minimum absolute atomic E-state index is 0.0696. The van der Waals surface area contributed by atoms with Crippen LogP contribution in [0.25, 0.3) is 0 Å². The van der Waals surface area contributed by atoms with Crippen LogP contribution in [0.1, 0.15) is 31.7 Å². The van der Waals surface area contributed by atoms with Gasteiger partial charge in [-0.05, 0) is 44.9 Å². The number of likely N-dealkylation sites (tertiary alicyclic amines) is 1. The van der Waals surface area contributed by atoms with Gasteiger partial charge in [-0.3, -0.25) is 15.0 Å². The fraction of sp³-hybridized carbons (Fsp3) is 0.571. The molecule has 1 heterocycles. The van der Waals surface area contributed by atoms with Gasteiger partial charge >= 0.3 is 0 Å². The van der Waals surface area contributed by atoms with E-state index in [4.69, 9.17) is 11.6 Å². The van der Waals surface area contributed by atoms with E-state index in [0.29, 0.717) is 29.6 Å². The topological polar surface area (TPSA) is 66.6 Å². The molecule has 2 rings (SSSR count). The Bertz CT molecular complexity index is 493. The smallest absolute Gasteiger partial charge is 0.275 e. The summed E-state index contributed by atoms with van der Waals surface area (Å²) in [4.78, 5) is 12.9. The molecule has 1 aliphatic heterocycles. The van der Waals surface area contributed by atoms with Gasteiger partial charge in [0.2, 0.25) is 0 Å². The van der Waals surface area contributed by atoms with E-state index in [0.717, 1.165) is 19.4 Å². The second-order valence-corrected chi connectivity index (χ2v) is 5.82. The number of hydrogen-bond donors (Lipinski definition) is 1. The maximum atomic E-state index is 11.1. The van der Waals surface area contributed by atoms with Crippen molar-refractivity contribution in [3.05, 3.63) is 38.9 Å². The molecule has 1 aromatic carbocycles. The van der Waals surface area contributed by atoms with E-state index in [1.807, 2.05) is 0 Å².